The molecular weight excluding hydrogens is 457 g/mol. The molecule has 1 saturated heterocycles. The number of likely N-dealkylation sites (N-methyl/N-ethyl adjacent to an activating group) is 1. The standard InChI is InChI=1S/C28H42FN5O2/c1-3-33-8-10-34(11-9-33)25-5-4-23(29)15-24(25)19(2)31-26(35)6-7-30-27(36)32-28-16-20-12-21(17-28)14-22(13-20)18-28/h4-5,15,19-22H,3,6-14,16-18H2,1-2H3,(H,31,35)(H2,30,32,36)/t19-,20?,21?,22?,28?/m0/s1. The number of hydrogen-bond acceptors (Lipinski definition) is 4. The van der Waals surface area contributed by atoms with Crippen molar-refractivity contribution in [1.29, 1.82) is 0 Å². The summed E-state index contributed by atoms with van der Waals surface area (Å²) in [6, 6.07) is 4.37. The lowest BCUT2D eigenvalue weighted by molar-refractivity contribution is -0.121. The van der Waals surface area contributed by atoms with Crippen LogP contribution in [-0.2, 0) is 4.79 Å². The Hall–Kier alpha value is -2.35. The molecule has 3 amide bonds. The van der Waals surface area contributed by atoms with Crippen molar-refractivity contribution in [3.8, 4) is 0 Å². The Morgan fingerprint density at radius 2 is 1.69 bits per heavy atom. The molecule has 36 heavy (non-hydrogen) atoms. The maximum Gasteiger partial charge on any atom is 0.315 e. The molecule has 7 nitrogen and oxygen atoms in total. The molecule has 0 unspecified atom stereocenters. The lowest BCUT2D eigenvalue weighted by Crippen LogP contribution is -2.61. The smallest absolute Gasteiger partial charge is 0.315 e. The zero-order chi connectivity index (χ0) is 25.3. The molecule has 0 radical (unpaired) electrons. The van der Waals surface area contributed by atoms with E-state index in [-0.39, 0.29) is 42.3 Å². The predicted octanol–water partition coefficient (Wildman–Crippen LogP) is 3.80. The van der Waals surface area contributed by atoms with E-state index in [0.717, 1.165) is 81.0 Å². The van der Waals surface area contributed by atoms with E-state index in [1.54, 1.807) is 0 Å². The van der Waals surface area contributed by atoms with Crippen molar-refractivity contribution in [1.82, 2.24) is 20.9 Å². The highest BCUT2D eigenvalue weighted by molar-refractivity contribution is 5.79. The Kier molecular flexibility index (Phi) is 7.42. The zero-order valence-electron chi connectivity index (χ0n) is 21.8. The first-order chi connectivity index (χ1) is 17.3. The number of halogens is 1. The predicted molar refractivity (Wildman–Crippen MR) is 139 cm³/mol. The second-order valence-corrected chi connectivity index (χ2v) is 11.7. The van der Waals surface area contributed by atoms with Gasteiger partial charge in [0.15, 0.2) is 0 Å². The molecule has 1 aliphatic heterocycles. The highest BCUT2D eigenvalue weighted by Crippen LogP contribution is 2.55. The molecule has 6 rings (SSSR count). The molecule has 0 aromatic heterocycles. The minimum absolute atomic E-state index is 0.0357. The molecule has 4 bridgehead atoms. The Morgan fingerprint density at radius 3 is 2.31 bits per heavy atom. The van der Waals surface area contributed by atoms with E-state index >= 15 is 0 Å². The van der Waals surface area contributed by atoms with Gasteiger partial charge in [0.1, 0.15) is 5.82 Å². The first kappa shape index (κ1) is 25.3. The number of amides is 3. The first-order valence-corrected chi connectivity index (χ1v) is 13.9. The first-order valence-electron chi connectivity index (χ1n) is 13.9. The van der Waals surface area contributed by atoms with Gasteiger partial charge in [0.05, 0.1) is 6.04 Å². The van der Waals surface area contributed by atoms with Crippen molar-refractivity contribution in [3.63, 3.8) is 0 Å². The van der Waals surface area contributed by atoms with Crippen molar-refractivity contribution < 1.29 is 14.0 Å². The van der Waals surface area contributed by atoms with Gasteiger partial charge in [0.25, 0.3) is 0 Å². The summed E-state index contributed by atoms with van der Waals surface area (Å²) in [4.78, 5) is 30.0. The average molecular weight is 500 g/mol. The lowest BCUT2D eigenvalue weighted by atomic mass is 9.53. The van der Waals surface area contributed by atoms with Crippen LogP contribution in [0, 0.1) is 23.6 Å². The number of nitrogens with zero attached hydrogens (tertiary/aromatic N) is 2. The van der Waals surface area contributed by atoms with Gasteiger partial charge in [-0.25, -0.2) is 9.18 Å². The summed E-state index contributed by atoms with van der Waals surface area (Å²) in [6.07, 6.45) is 7.52. The van der Waals surface area contributed by atoms with Crippen LogP contribution in [-0.4, -0.2) is 61.6 Å². The van der Waals surface area contributed by atoms with Crippen molar-refractivity contribution in [2.45, 2.75) is 70.4 Å². The summed E-state index contributed by atoms with van der Waals surface area (Å²) in [5, 5.41) is 9.20. The van der Waals surface area contributed by atoms with Crippen LogP contribution < -0.4 is 20.9 Å². The molecule has 8 heteroatoms. The second kappa shape index (κ2) is 10.6. The van der Waals surface area contributed by atoms with Crippen LogP contribution in [0.25, 0.3) is 0 Å². The minimum atomic E-state index is -0.326. The van der Waals surface area contributed by atoms with Gasteiger partial charge < -0.3 is 25.8 Å². The maximum absolute atomic E-state index is 14.1. The zero-order valence-corrected chi connectivity index (χ0v) is 21.8. The number of carbonyl (C=O) groups excluding carboxylic acids is 2. The number of urea groups is 1. The normalized spacial score (nSPS) is 30.2. The third kappa shape index (κ3) is 5.63. The molecule has 1 aromatic carbocycles. The van der Waals surface area contributed by atoms with Gasteiger partial charge in [-0.1, -0.05) is 6.92 Å². The number of anilines is 1. The van der Waals surface area contributed by atoms with Crippen LogP contribution >= 0.6 is 0 Å². The Bertz CT molecular complexity index is 926. The Labute approximate surface area is 214 Å². The number of benzene rings is 1. The SMILES string of the molecule is CCN1CCN(c2ccc(F)cc2[C@H](C)NC(=O)CCNC(=O)NC23CC4CC(CC(C4)C2)C3)CC1. The minimum Gasteiger partial charge on any atom is -0.369 e. The van der Waals surface area contributed by atoms with E-state index in [2.05, 4.69) is 32.7 Å². The van der Waals surface area contributed by atoms with E-state index < -0.39 is 0 Å². The molecule has 3 N–H and O–H groups in total. The van der Waals surface area contributed by atoms with Gasteiger partial charge in [-0.05, 0) is 87.9 Å². The van der Waals surface area contributed by atoms with Gasteiger partial charge in [0.2, 0.25) is 5.91 Å². The van der Waals surface area contributed by atoms with E-state index in [1.807, 2.05) is 13.0 Å². The lowest BCUT2D eigenvalue weighted by Gasteiger charge is -2.56. The Balaban J connectivity index is 1.10. The fourth-order valence-corrected chi connectivity index (χ4v) is 7.69. The van der Waals surface area contributed by atoms with E-state index in [9.17, 15) is 14.0 Å². The highest BCUT2D eigenvalue weighted by Gasteiger charge is 2.51. The van der Waals surface area contributed by atoms with Crippen LogP contribution in [0.1, 0.15) is 70.4 Å². The summed E-state index contributed by atoms with van der Waals surface area (Å²) < 4.78 is 14.1. The van der Waals surface area contributed by atoms with Crippen LogP contribution in [0.2, 0.25) is 0 Å². The van der Waals surface area contributed by atoms with Crippen LogP contribution in [0.15, 0.2) is 18.2 Å². The third-order valence-electron chi connectivity index (χ3n) is 9.05. The summed E-state index contributed by atoms with van der Waals surface area (Å²) in [7, 11) is 0. The largest absolute Gasteiger partial charge is 0.369 e. The topological polar surface area (TPSA) is 76.7 Å². The summed E-state index contributed by atoms with van der Waals surface area (Å²) in [5.41, 5.74) is 1.74. The Morgan fingerprint density at radius 1 is 1.06 bits per heavy atom. The molecular formula is C28H42FN5O2. The van der Waals surface area contributed by atoms with Crippen LogP contribution in [0.3, 0.4) is 0 Å². The number of rotatable bonds is 8. The van der Waals surface area contributed by atoms with E-state index in [0.29, 0.717) is 0 Å². The fraction of sp³-hybridized carbons (Fsp3) is 0.714. The van der Waals surface area contributed by atoms with Crippen molar-refractivity contribution in [3.05, 3.63) is 29.6 Å². The molecule has 5 aliphatic rings. The van der Waals surface area contributed by atoms with E-state index in [1.165, 1.54) is 31.4 Å². The average Bonchev–Trinajstić information content (AvgIpc) is 2.83. The second-order valence-electron chi connectivity index (χ2n) is 11.7. The summed E-state index contributed by atoms with van der Waals surface area (Å²) in [5.74, 6) is 1.86. The molecule has 4 saturated carbocycles. The van der Waals surface area contributed by atoms with Gasteiger partial charge in [-0.15, -0.1) is 0 Å². The van der Waals surface area contributed by atoms with Gasteiger partial charge in [0, 0.05) is 55.9 Å². The monoisotopic (exact) mass is 499 g/mol. The number of carbonyl (C=O) groups is 2. The highest BCUT2D eigenvalue weighted by atomic mass is 19.1. The van der Waals surface area contributed by atoms with Crippen molar-refractivity contribution in [2.75, 3.05) is 44.2 Å². The van der Waals surface area contributed by atoms with Crippen molar-refractivity contribution in [2.24, 2.45) is 17.8 Å². The molecule has 0 spiro atoms. The molecule has 198 valence electrons. The molecule has 1 atom stereocenters. The van der Waals surface area contributed by atoms with Gasteiger partial charge in [-0.3, -0.25) is 4.79 Å². The fourth-order valence-electron chi connectivity index (χ4n) is 7.69. The number of hydrogen-bond donors (Lipinski definition) is 3. The summed E-state index contributed by atoms with van der Waals surface area (Å²) in [6.45, 7) is 9.10. The number of piperazine rings is 1. The van der Waals surface area contributed by atoms with Gasteiger partial charge in [-0.2, -0.15) is 0 Å². The van der Waals surface area contributed by atoms with Gasteiger partial charge >= 0.3 is 6.03 Å². The molecule has 4 aliphatic carbocycles. The summed E-state index contributed by atoms with van der Waals surface area (Å²) >= 11 is 0. The van der Waals surface area contributed by atoms with Crippen LogP contribution in [0.5, 0.6) is 0 Å². The number of nitrogens with one attached hydrogen (secondary N) is 3. The van der Waals surface area contributed by atoms with Crippen LogP contribution in [0.4, 0.5) is 14.9 Å². The quantitative estimate of drug-likeness (QED) is 0.509. The van der Waals surface area contributed by atoms with E-state index in [4.69, 9.17) is 0 Å². The molecule has 1 aromatic rings. The third-order valence-corrected chi connectivity index (χ3v) is 9.05. The maximum atomic E-state index is 14.1. The molecule has 5 fully saturated rings. The molecule has 1 heterocycles. The van der Waals surface area contributed by atoms with Crippen molar-refractivity contribution >= 4 is 17.6 Å².